The lowest BCUT2D eigenvalue weighted by Gasteiger charge is -2.32. The second-order valence-electron chi connectivity index (χ2n) is 9.84. The van der Waals surface area contributed by atoms with Crippen LogP contribution < -0.4 is 9.62 Å². The molecule has 35 heavy (non-hydrogen) atoms. The van der Waals surface area contributed by atoms with Gasteiger partial charge in [0, 0.05) is 25.0 Å². The van der Waals surface area contributed by atoms with Crippen molar-refractivity contribution in [3.8, 4) is 0 Å². The van der Waals surface area contributed by atoms with Crippen molar-refractivity contribution < 1.29 is 22.4 Å². The largest absolute Gasteiger partial charge is 0.350 e. The SMILES string of the molecule is Cc1ccc(CN(C(=O)CCCN(c2ccc(F)cc2)S(C)(=O)=O)[C@@H](C)C(=O)NC(C)(C)C)cc1. The Labute approximate surface area is 208 Å². The summed E-state index contributed by atoms with van der Waals surface area (Å²) in [6.07, 6.45) is 1.36. The highest BCUT2D eigenvalue weighted by atomic mass is 32.2. The third-order valence-corrected chi connectivity index (χ3v) is 6.60. The number of hydrogen-bond donors (Lipinski definition) is 1. The van der Waals surface area contributed by atoms with Crippen molar-refractivity contribution in [3.05, 3.63) is 65.5 Å². The minimum atomic E-state index is -3.63. The van der Waals surface area contributed by atoms with Gasteiger partial charge in [0.2, 0.25) is 21.8 Å². The van der Waals surface area contributed by atoms with Gasteiger partial charge in [-0.25, -0.2) is 12.8 Å². The van der Waals surface area contributed by atoms with Gasteiger partial charge in [-0.05, 0) is 70.9 Å². The molecule has 2 aromatic rings. The number of carbonyl (C=O) groups is 2. The van der Waals surface area contributed by atoms with Crippen LogP contribution in [0.15, 0.2) is 48.5 Å². The molecule has 0 aromatic heterocycles. The normalized spacial score (nSPS) is 12.7. The van der Waals surface area contributed by atoms with Crippen molar-refractivity contribution in [1.82, 2.24) is 10.2 Å². The number of nitrogens with zero attached hydrogens (tertiary/aromatic N) is 2. The molecule has 1 N–H and O–H groups in total. The van der Waals surface area contributed by atoms with Gasteiger partial charge in [0.15, 0.2) is 0 Å². The molecule has 0 bridgehead atoms. The molecule has 0 saturated carbocycles. The van der Waals surface area contributed by atoms with E-state index in [9.17, 15) is 22.4 Å². The van der Waals surface area contributed by atoms with Crippen LogP contribution in [-0.4, -0.2) is 49.5 Å². The van der Waals surface area contributed by atoms with E-state index in [4.69, 9.17) is 0 Å². The maximum Gasteiger partial charge on any atom is 0.242 e. The Morgan fingerprint density at radius 1 is 1.03 bits per heavy atom. The summed E-state index contributed by atoms with van der Waals surface area (Å²) in [5, 5.41) is 2.92. The Balaban J connectivity index is 2.17. The van der Waals surface area contributed by atoms with Gasteiger partial charge in [-0.15, -0.1) is 0 Å². The Hall–Kier alpha value is -2.94. The van der Waals surface area contributed by atoms with E-state index in [1.54, 1.807) is 6.92 Å². The summed E-state index contributed by atoms with van der Waals surface area (Å²) in [4.78, 5) is 27.6. The van der Waals surface area contributed by atoms with Crippen LogP contribution in [-0.2, 0) is 26.2 Å². The van der Waals surface area contributed by atoms with Gasteiger partial charge in [0.1, 0.15) is 11.9 Å². The number of halogens is 1. The molecular weight excluding hydrogens is 469 g/mol. The molecule has 0 spiro atoms. The van der Waals surface area contributed by atoms with Crippen molar-refractivity contribution in [3.63, 3.8) is 0 Å². The number of nitrogens with one attached hydrogen (secondary N) is 1. The number of aryl methyl sites for hydroxylation is 1. The Morgan fingerprint density at radius 2 is 1.60 bits per heavy atom. The lowest BCUT2D eigenvalue weighted by atomic mass is 10.1. The fraction of sp³-hybridized carbons (Fsp3) is 0.462. The molecule has 0 aliphatic heterocycles. The first kappa shape index (κ1) is 28.3. The van der Waals surface area contributed by atoms with Crippen molar-refractivity contribution in [2.75, 3.05) is 17.1 Å². The molecule has 0 aliphatic rings. The second-order valence-corrected chi connectivity index (χ2v) is 11.7. The van der Waals surface area contributed by atoms with Crippen LogP contribution in [0.4, 0.5) is 10.1 Å². The third-order valence-electron chi connectivity index (χ3n) is 5.41. The molecule has 0 saturated heterocycles. The van der Waals surface area contributed by atoms with Gasteiger partial charge < -0.3 is 10.2 Å². The first-order valence-corrected chi connectivity index (χ1v) is 13.4. The Kier molecular flexibility index (Phi) is 9.43. The molecule has 2 aromatic carbocycles. The van der Waals surface area contributed by atoms with E-state index in [1.165, 1.54) is 29.2 Å². The van der Waals surface area contributed by atoms with Gasteiger partial charge >= 0.3 is 0 Å². The first-order chi connectivity index (χ1) is 16.2. The molecule has 1 atom stereocenters. The molecule has 192 valence electrons. The van der Waals surface area contributed by atoms with Gasteiger partial charge in [0.05, 0.1) is 11.9 Å². The van der Waals surface area contributed by atoms with Gasteiger partial charge in [0.25, 0.3) is 0 Å². The lowest BCUT2D eigenvalue weighted by molar-refractivity contribution is -0.141. The number of sulfonamides is 1. The number of carbonyl (C=O) groups excluding carboxylic acids is 2. The zero-order valence-corrected chi connectivity index (χ0v) is 22.2. The number of hydrogen-bond acceptors (Lipinski definition) is 4. The summed E-state index contributed by atoms with van der Waals surface area (Å²) in [5.74, 6) is -0.983. The maximum atomic E-state index is 13.3. The molecule has 0 aliphatic carbocycles. The molecule has 0 unspecified atom stereocenters. The van der Waals surface area contributed by atoms with Crippen LogP contribution in [0, 0.1) is 12.7 Å². The molecule has 7 nitrogen and oxygen atoms in total. The zero-order valence-electron chi connectivity index (χ0n) is 21.3. The quantitative estimate of drug-likeness (QED) is 0.529. The van der Waals surface area contributed by atoms with Crippen LogP contribution in [0.2, 0.25) is 0 Å². The Bertz CT molecular complexity index is 1110. The summed E-state index contributed by atoms with van der Waals surface area (Å²) in [7, 11) is -3.63. The van der Waals surface area contributed by atoms with E-state index in [2.05, 4.69) is 5.32 Å². The summed E-state index contributed by atoms with van der Waals surface area (Å²) in [6, 6.07) is 12.2. The van der Waals surface area contributed by atoms with Crippen molar-refractivity contribution in [2.24, 2.45) is 0 Å². The first-order valence-electron chi connectivity index (χ1n) is 11.6. The van der Waals surface area contributed by atoms with Crippen molar-refractivity contribution >= 4 is 27.5 Å². The molecule has 2 amide bonds. The predicted molar refractivity (Wildman–Crippen MR) is 137 cm³/mol. The van der Waals surface area contributed by atoms with E-state index in [-0.39, 0.29) is 37.7 Å². The highest BCUT2D eigenvalue weighted by Gasteiger charge is 2.28. The molecule has 0 heterocycles. The van der Waals surface area contributed by atoms with Crippen molar-refractivity contribution in [1.29, 1.82) is 0 Å². The summed E-state index contributed by atoms with van der Waals surface area (Å²) < 4.78 is 39.1. The highest BCUT2D eigenvalue weighted by Crippen LogP contribution is 2.20. The molecule has 2 rings (SSSR count). The van der Waals surface area contributed by atoms with Gasteiger partial charge in [-0.2, -0.15) is 0 Å². The van der Waals surface area contributed by atoms with E-state index >= 15 is 0 Å². The van der Waals surface area contributed by atoms with Crippen LogP contribution in [0.3, 0.4) is 0 Å². The summed E-state index contributed by atoms with van der Waals surface area (Å²) >= 11 is 0. The number of amides is 2. The smallest absolute Gasteiger partial charge is 0.242 e. The summed E-state index contributed by atoms with van der Waals surface area (Å²) in [5.41, 5.74) is 1.86. The van der Waals surface area contributed by atoms with E-state index < -0.39 is 27.4 Å². The molecular formula is C26H36FN3O4S. The Morgan fingerprint density at radius 3 is 2.11 bits per heavy atom. The number of rotatable bonds is 10. The molecule has 9 heteroatoms. The zero-order chi connectivity index (χ0) is 26.4. The monoisotopic (exact) mass is 505 g/mol. The van der Waals surface area contributed by atoms with Gasteiger partial charge in [-0.3, -0.25) is 13.9 Å². The van der Waals surface area contributed by atoms with Crippen LogP contribution in [0.25, 0.3) is 0 Å². The van der Waals surface area contributed by atoms with Crippen LogP contribution in [0.5, 0.6) is 0 Å². The predicted octanol–water partition coefficient (Wildman–Crippen LogP) is 4.01. The summed E-state index contributed by atoms with van der Waals surface area (Å²) in [6.45, 7) is 9.59. The van der Waals surface area contributed by atoms with Crippen molar-refractivity contribution in [2.45, 2.75) is 65.6 Å². The van der Waals surface area contributed by atoms with E-state index in [1.807, 2.05) is 52.0 Å². The van der Waals surface area contributed by atoms with E-state index in [0.29, 0.717) is 5.69 Å². The fourth-order valence-corrected chi connectivity index (χ4v) is 4.52. The third kappa shape index (κ3) is 8.98. The minimum absolute atomic E-state index is 0.0478. The van der Waals surface area contributed by atoms with Gasteiger partial charge in [-0.1, -0.05) is 29.8 Å². The van der Waals surface area contributed by atoms with Crippen LogP contribution >= 0.6 is 0 Å². The van der Waals surface area contributed by atoms with E-state index in [0.717, 1.165) is 21.7 Å². The lowest BCUT2D eigenvalue weighted by Crippen LogP contribution is -2.52. The maximum absolute atomic E-state index is 13.3. The molecule has 0 radical (unpaired) electrons. The second kappa shape index (κ2) is 11.7. The fourth-order valence-electron chi connectivity index (χ4n) is 3.56. The standard InChI is InChI=1S/C26H36FN3O4S/c1-19-9-11-21(12-10-19)18-29(20(2)25(32)28-26(3,4)5)24(31)8-7-17-30(35(6,33)34)23-15-13-22(27)14-16-23/h9-16,20H,7-8,17-18H2,1-6H3,(H,28,32)/t20-/m0/s1. The average Bonchev–Trinajstić information content (AvgIpc) is 2.74. The average molecular weight is 506 g/mol. The van der Waals surface area contributed by atoms with Crippen LogP contribution in [0.1, 0.15) is 51.7 Å². The minimum Gasteiger partial charge on any atom is -0.350 e. The molecule has 0 fully saturated rings. The highest BCUT2D eigenvalue weighted by molar-refractivity contribution is 7.92. The topological polar surface area (TPSA) is 86.8 Å². The number of benzene rings is 2. The number of anilines is 1.